The standard InChI is InChI=1S/C30H26ClFN6O.CH4/c1-33-22-12-13-38(17-22)29(39)18-6-9-21(10-7-18)36-30-35-16-19-15-34-28(24-4-2-3-5-26(24)32)25-14-20(31)8-11-23(25)27(19)37-30;/h2-11,14,16,22,33H,12-13,15,17H2,1H3,(H,35,36,37);1H4. The number of anilines is 2. The van der Waals surface area contributed by atoms with Gasteiger partial charge in [-0.2, -0.15) is 0 Å². The molecule has 0 bridgehead atoms. The second-order valence-electron chi connectivity index (χ2n) is 9.63. The molecule has 0 radical (unpaired) electrons. The Balaban J connectivity index is 0.00000323. The van der Waals surface area contributed by atoms with Gasteiger partial charge in [0.15, 0.2) is 0 Å². The van der Waals surface area contributed by atoms with Gasteiger partial charge in [0.1, 0.15) is 5.82 Å². The molecule has 1 aromatic heterocycles. The summed E-state index contributed by atoms with van der Waals surface area (Å²) in [5.74, 6) is 0.0797. The zero-order valence-corrected chi connectivity index (χ0v) is 22.0. The van der Waals surface area contributed by atoms with Crippen molar-refractivity contribution in [3.05, 3.63) is 106 Å². The number of aromatic nitrogens is 2. The molecule has 0 spiro atoms. The minimum absolute atomic E-state index is 0. The molecule has 3 heterocycles. The third-order valence-electron chi connectivity index (χ3n) is 7.16. The maximum absolute atomic E-state index is 14.8. The number of rotatable bonds is 5. The predicted octanol–water partition coefficient (Wildman–Crippen LogP) is 6.10. The fourth-order valence-electron chi connectivity index (χ4n) is 5.06. The zero-order chi connectivity index (χ0) is 26.9. The first kappa shape index (κ1) is 27.4. The van der Waals surface area contributed by atoms with E-state index >= 15 is 0 Å². The number of benzene rings is 3. The number of halogens is 2. The van der Waals surface area contributed by atoms with Crippen molar-refractivity contribution in [2.75, 3.05) is 25.5 Å². The average Bonchev–Trinajstić information content (AvgIpc) is 3.38. The topological polar surface area (TPSA) is 82.5 Å². The largest absolute Gasteiger partial charge is 0.337 e. The van der Waals surface area contributed by atoms with Gasteiger partial charge in [-0.15, -0.1) is 0 Å². The lowest BCUT2D eigenvalue weighted by molar-refractivity contribution is 0.0789. The highest BCUT2D eigenvalue weighted by atomic mass is 35.5. The minimum Gasteiger partial charge on any atom is -0.337 e. The molecule has 3 aromatic carbocycles. The molecule has 0 saturated carbocycles. The summed E-state index contributed by atoms with van der Waals surface area (Å²) in [4.78, 5) is 28.8. The van der Waals surface area contributed by atoms with Gasteiger partial charge in [0.25, 0.3) is 5.91 Å². The third-order valence-corrected chi connectivity index (χ3v) is 7.40. The summed E-state index contributed by atoms with van der Waals surface area (Å²) in [7, 11) is 1.92. The SMILES string of the molecule is C.CNC1CCN(C(=O)c2ccc(Nc3ncc4c(n3)-c3ccc(Cl)cc3C(c3ccccc3F)=NC4)cc2)C1. The van der Waals surface area contributed by atoms with Gasteiger partial charge in [0, 0.05) is 63.9 Å². The summed E-state index contributed by atoms with van der Waals surface area (Å²) >= 11 is 6.36. The van der Waals surface area contributed by atoms with Crippen molar-refractivity contribution < 1.29 is 9.18 Å². The summed E-state index contributed by atoms with van der Waals surface area (Å²) in [5, 5.41) is 7.00. The molecule has 2 aliphatic heterocycles. The maximum Gasteiger partial charge on any atom is 0.253 e. The van der Waals surface area contributed by atoms with E-state index in [1.165, 1.54) is 6.07 Å². The van der Waals surface area contributed by atoms with Crippen molar-refractivity contribution in [1.82, 2.24) is 20.2 Å². The highest BCUT2D eigenvalue weighted by Crippen LogP contribution is 2.34. The number of aliphatic imine (C=N–C) groups is 1. The van der Waals surface area contributed by atoms with Gasteiger partial charge < -0.3 is 15.5 Å². The highest BCUT2D eigenvalue weighted by molar-refractivity contribution is 6.31. The Morgan fingerprint density at radius 2 is 1.85 bits per heavy atom. The van der Waals surface area contributed by atoms with E-state index in [-0.39, 0.29) is 19.2 Å². The molecule has 1 unspecified atom stereocenters. The molecule has 0 aliphatic carbocycles. The van der Waals surface area contributed by atoms with Crippen LogP contribution in [0.4, 0.5) is 16.0 Å². The molecule has 204 valence electrons. The first-order valence-corrected chi connectivity index (χ1v) is 13.2. The Hall–Kier alpha value is -4.14. The van der Waals surface area contributed by atoms with E-state index < -0.39 is 0 Å². The molecule has 7 nitrogen and oxygen atoms in total. The van der Waals surface area contributed by atoms with Crippen LogP contribution in [0.3, 0.4) is 0 Å². The average molecular weight is 557 g/mol. The zero-order valence-electron chi connectivity index (χ0n) is 21.3. The van der Waals surface area contributed by atoms with Crippen LogP contribution in [0, 0.1) is 5.82 Å². The van der Waals surface area contributed by atoms with Crippen molar-refractivity contribution in [2.45, 2.75) is 26.4 Å². The van der Waals surface area contributed by atoms with Crippen LogP contribution in [0.2, 0.25) is 5.02 Å². The molecule has 1 fully saturated rings. The molecule has 4 aromatic rings. The van der Waals surface area contributed by atoms with Crippen molar-refractivity contribution >= 4 is 34.9 Å². The van der Waals surface area contributed by atoms with Crippen LogP contribution in [-0.2, 0) is 6.54 Å². The molecular formula is C31H30ClFN6O. The number of likely N-dealkylation sites (tertiary alicyclic amines) is 1. The monoisotopic (exact) mass is 556 g/mol. The lowest BCUT2D eigenvalue weighted by Crippen LogP contribution is -2.33. The van der Waals surface area contributed by atoms with E-state index in [2.05, 4.69) is 15.6 Å². The minimum atomic E-state index is -0.352. The molecule has 2 N–H and O–H groups in total. The quantitative estimate of drug-likeness (QED) is 0.310. The molecular weight excluding hydrogens is 527 g/mol. The van der Waals surface area contributed by atoms with E-state index in [9.17, 15) is 9.18 Å². The van der Waals surface area contributed by atoms with Crippen LogP contribution in [0.15, 0.2) is 77.9 Å². The molecule has 1 atom stereocenters. The normalized spacial score (nSPS) is 15.8. The first-order chi connectivity index (χ1) is 19.0. The fraction of sp³-hybridized carbons (Fsp3) is 0.226. The Morgan fingerprint density at radius 1 is 1.05 bits per heavy atom. The molecule has 6 rings (SSSR count). The Morgan fingerprint density at radius 3 is 2.60 bits per heavy atom. The first-order valence-electron chi connectivity index (χ1n) is 12.8. The van der Waals surface area contributed by atoms with E-state index in [1.807, 2.05) is 42.3 Å². The van der Waals surface area contributed by atoms with Gasteiger partial charge in [0.05, 0.1) is 18.0 Å². The van der Waals surface area contributed by atoms with Crippen molar-refractivity contribution in [3.63, 3.8) is 0 Å². The summed E-state index contributed by atoms with van der Waals surface area (Å²) in [5.41, 5.74) is 5.36. The molecule has 2 aliphatic rings. The lowest BCUT2D eigenvalue weighted by Gasteiger charge is -2.17. The third kappa shape index (κ3) is 5.33. The number of carbonyl (C=O) groups excluding carboxylic acids is 1. The predicted molar refractivity (Wildman–Crippen MR) is 158 cm³/mol. The number of fused-ring (bicyclic) bond motifs is 3. The summed E-state index contributed by atoms with van der Waals surface area (Å²) in [6.07, 6.45) is 2.69. The van der Waals surface area contributed by atoms with Crippen LogP contribution in [0.5, 0.6) is 0 Å². The lowest BCUT2D eigenvalue weighted by atomic mass is 9.95. The van der Waals surface area contributed by atoms with Gasteiger partial charge >= 0.3 is 0 Å². The van der Waals surface area contributed by atoms with Crippen molar-refractivity contribution in [1.29, 1.82) is 0 Å². The van der Waals surface area contributed by atoms with Crippen LogP contribution in [-0.4, -0.2) is 52.7 Å². The van der Waals surface area contributed by atoms with Gasteiger partial charge in [-0.3, -0.25) is 9.79 Å². The maximum atomic E-state index is 14.8. The molecule has 1 amide bonds. The number of likely N-dealkylation sites (N-methyl/N-ethyl adjacent to an activating group) is 1. The van der Waals surface area contributed by atoms with Crippen molar-refractivity contribution in [2.24, 2.45) is 4.99 Å². The Kier molecular flexibility index (Phi) is 7.91. The van der Waals surface area contributed by atoms with Gasteiger partial charge in [0.2, 0.25) is 5.95 Å². The van der Waals surface area contributed by atoms with Crippen LogP contribution >= 0.6 is 11.6 Å². The molecule has 9 heteroatoms. The van der Waals surface area contributed by atoms with Crippen LogP contribution in [0.25, 0.3) is 11.3 Å². The smallest absolute Gasteiger partial charge is 0.253 e. The summed E-state index contributed by atoms with van der Waals surface area (Å²) in [6.45, 7) is 1.77. The molecule has 40 heavy (non-hydrogen) atoms. The summed E-state index contributed by atoms with van der Waals surface area (Å²) in [6, 6.07) is 19.7. The number of hydrogen-bond donors (Lipinski definition) is 2. The summed E-state index contributed by atoms with van der Waals surface area (Å²) < 4.78 is 14.8. The van der Waals surface area contributed by atoms with Gasteiger partial charge in [-0.1, -0.05) is 37.2 Å². The van der Waals surface area contributed by atoms with Gasteiger partial charge in [-0.05, 0) is 62.0 Å². The van der Waals surface area contributed by atoms with E-state index in [0.29, 0.717) is 58.2 Å². The highest BCUT2D eigenvalue weighted by Gasteiger charge is 2.26. The number of nitrogens with one attached hydrogen (secondary N) is 2. The number of carbonyl (C=O) groups is 1. The van der Waals surface area contributed by atoms with Gasteiger partial charge in [-0.25, -0.2) is 14.4 Å². The number of amides is 1. The van der Waals surface area contributed by atoms with E-state index in [1.54, 1.807) is 36.5 Å². The second-order valence-corrected chi connectivity index (χ2v) is 10.1. The van der Waals surface area contributed by atoms with E-state index in [4.69, 9.17) is 21.6 Å². The Labute approximate surface area is 238 Å². The van der Waals surface area contributed by atoms with E-state index in [0.717, 1.165) is 29.8 Å². The van der Waals surface area contributed by atoms with Crippen LogP contribution < -0.4 is 10.6 Å². The van der Waals surface area contributed by atoms with Crippen LogP contribution in [0.1, 0.15) is 40.9 Å². The fourth-order valence-corrected chi connectivity index (χ4v) is 5.23. The Bertz CT molecular complexity index is 1590. The van der Waals surface area contributed by atoms with Crippen molar-refractivity contribution in [3.8, 4) is 11.3 Å². The molecule has 1 saturated heterocycles. The number of hydrogen-bond acceptors (Lipinski definition) is 6. The second kappa shape index (κ2) is 11.5. The number of nitrogens with zero attached hydrogens (tertiary/aromatic N) is 4.